The normalized spacial score (nSPS) is 20.5. The van der Waals surface area contributed by atoms with E-state index < -0.39 is 11.9 Å². The monoisotopic (exact) mass is 341 g/mol. The average Bonchev–Trinajstić information content (AvgIpc) is 2.60. The summed E-state index contributed by atoms with van der Waals surface area (Å²) < 4.78 is 13.2. The van der Waals surface area contributed by atoms with Gasteiger partial charge in [0.25, 0.3) is 0 Å². The molecule has 1 N–H and O–H groups in total. The Hall–Kier alpha value is -2.69. The summed E-state index contributed by atoms with van der Waals surface area (Å²) in [7, 11) is 0. The molecule has 0 spiro atoms. The van der Waals surface area contributed by atoms with Crippen LogP contribution in [0.1, 0.15) is 29.9 Å². The van der Waals surface area contributed by atoms with Crippen LogP contribution < -0.4 is 0 Å². The molecule has 5 heteroatoms. The molecule has 1 saturated heterocycles. The van der Waals surface area contributed by atoms with Crippen molar-refractivity contribution in [3.8, 4) is 0 Å². The lowest BCUT2D eigenvalue weighted by atomic mass is 9.78. The minimum atomic E-state index is -0.993. The Morgan fingerprint density at radius 1 is 1.12 bits per heavy atom. The van der Waals surface area contributed by atoms with Gasteiger partial charge in [-0.2, -0.15) is 0 Å². The molecule has 0 saturated carbocycles. The van der Waals surface area contributed by atoms with E-state index in [9.17, 15) is 19.1 Å². The Bertz CT molecular complexity index is 745. The molecular weight excluding hydrogens is 321 g/mol. The van der Waals surface area contributed by atoms with Gasteiger partial charge in [0.15, 0.2) is 0 Å². The number of carboxylic acids is 1. The van der Waals surface area contributed by atoms with Crippen molar-refractivity contribution in [3.05, 3.63) is 71.5 Å². The number of hydrogen-bond donors (Lipinski definition) is 1. The number of carbonyl (C=O) groups is 2. The van der Waals surface area contributed by atoms with Crippen LogP contribution in [0.5, 0.6) is 0 Å². The van der Waals surface area contributed by atoms with E-state index in [2.05, 4.69) is 0 Å². The van der Waals surface area contributed by atoms with E-state index >= 15 is 0 Å². The standard InChI is InChI=1S/C20H20FNO3/c21-16-8-6-15(7-9-16)17-10-11-22(13-14-4-2-1-3-5-14)20(25)18(17)12-19(23)24/h1-9,17-18H,10-13H2,(H,23,24). The lowest BCUT2D eigenvalue weighted by Crippen LogP contribution is -2.45. The number of piperidine rings is 1. The van der Waals surface area contributed by atoms with Crippen molar-refractivity contribution < 1.29 is 19.1 Å². The molecule has 2 unspecified atom stereocenters. The first-order valence-corrected chi connectivity index (χ1v) is 8.34. The van der Waals surface area contributed by atoms with Crippen LogP contribution in [-0.2, 0) is 16.1 Å². The van der Waals surface area contributed by atoms with E-state index in [-0.39, 0.29) is 24.1 Å². The molecule has 0 bridgehead atoms. The van der Waals surface area contributed by atoms with Crippen LogP contribution in [0.15, 0.2) is 54.6 Å². The van der Waals surface area contributed by atoms with Gasteiger partial charge in [0, 0.05) is 13.1 Å². The quantitative estimate of drug-likeness (QED) is 0.906. The number of likely N-dealkylation sites (tertiary alicyclic amines) is 1. The van der Waals surface area contributed by atoms with Crippen LogP contribution in [0.3, 0.4) is 0 Å². The summed E-state index contributed by atoms with van der Waals surface area (Å²) in [5.41, 5.74) is 1.84. The summed E-state index contributed by atoms with van der Waals surface area (Å²) in [6, 6.07) is 15.7. The highest BCUT2D eigenvalue weighted by molar-refractivity contribution is 5.85. The highest BCUT2D eigenvalue weighted by Gasteiger charge is 2.38. The molecule has 25 heavy (non-hydrogen) atoms. The minimum absolute atomic E-state index is 0.146. The topological polar surface area (TPSA) is 57.6 Å². The summed E-state index contributed by atoms with van der Waals surface area (Å²) >= 11 is 0. The first kappa shape index (κ1) is 17.1. The predicted octanol–water partition coefficient (Wildman–Crippen LogP) is 3.43. The van der Waals surface area contributed by atoms with Crippen molar-refractivity contribution in [2.45, 2.75) is 25.3 Å². The summed E-state index contributed by atoms with van der Waals surface area (Å²) in [6.45, 7) is 1.04. The van der Waals surface area contributed by atoms with Crippen LogP contribution in [0.25, 0.3) is 0 Å². The molecule has 1 heterocycles. The minimum Gasteiger partial charge on any atom is -0.481 e. The van der Waals surface area contributed by atoms with Gasteiger partial charge in [-0.3, -0.25) is 9.59 Å². The fraction of sp³-hybridized carbons (Fsp3) is 0.300. The SMILES string of the molecule is O=C(O)CC1C(=O)N(Cc2ccccc2)CCC1c1ccc(F)cc1. The maximum absolute atomic E-state index is 13.2. The zero-order valence-electron chi connectivity index (χ0n) is 13.8. The summed E-state index contributed by atoms with van der Waals surface area (Å²) in [5.74, 6) is -2.30. The van der Waals surface area contributed by atoms with Gasteiger partial charge in [-0.1, -0.05) is 42.5 Å². The second-order valence-corrected chi connectivity index (χ2v) is 6.40. The predicted molar refractivity (Wildman–Crippen MR) is 91.4 cm³/mol. The highest BCUT2D eigenvalue weighted by Crippen LogP contribution is 2.36. The number of carboxylic acid groups (broad SMARTS) is 1. The molecule has 1 aliphatic heterocycles. The maximum atomic E-state index is 13.2. The van der Waals surface area contributed by atoms with E-state index in [4.69, 9.17) is 0 Å². The molecule has 4 nitrogen and oxygen atoms in total. The second kappa shape index (κ2) is 7.47. The Labute approximate surface area is 145 Å². The van der Waals surface area contributed by atoms with Crippen molar-refractivity contribution in [2.24, 2.45) is 5.92 Å². The summed E-state index contributed by atoms with van der Waals surface area (Å²) in [6.07, 6.45) is 0.453. The van der Waals surface area contributed by atoms with Crippen molar-refractivity contribution in [1.82, 2.24) is 4.90 Å². The number of rotatable bonds is 5. The van der Waals surface area contributed by atoms with Crippen molar-refractivity contribution in [1.29, 1.82) is 0 Å². The third-order valence-corrected chi connectivity index (χ3v) is 4.73. The van der Waals surface area contributed by atoms with Crippen LogP contribution >= 0.6 is 0 Å². The van der Waals surface area contributed by atoms with Crippen LogP contribution in [0, 0.1) is 11.7 Å². The number of amides is 1. The molecular formula is C20H20FNO3. The smallest absolute Gasteiger partial charge is 0.304 e. The van der Waals surface area contributed by atoms with Gasteiger partial charge in [0.2, 0.25) is 5.91 Å². The number of halogens is 1. The van der Waals surface area contributed by atoms with E-state index in [0.717, 1.165) is 11.1 Å². The summed E-state index contributed by atoms with van der Waals surface area (Å²) in [4.78, 5) is 25.9. The Morgan fingerprint density at radius 3 is 2.44 bits per heavy atom. The molecule has 2 aromatic carbocycles. The van der Waals surface area contributed by atoms with Crippen molar-refractivity contribution >= 4 is 11.9 Å². The molecule has 1 aliphatic rings. The maximum Gasteiger partial charge on any atom is 0.304 e. The second-order valence-electron chi connectivity index (χ2n) is 6.40. The molecule has 3 rings (SSSR count). The lowest BCUT2D eigenvalue weighted by molar-refractivity contribution is -0.147. The van der Waals surface area contributed by atoms with Gasteiger partial charge in [-0.25, -0.2) is 4.39 Å². The molecule has 1 amide bonds. The number of nitrogens with zero attached hydrogens (tertiary/aromatic N) is 1. The third kappa shape index (κ3) is 4.05. The largest absolute Gasteiger partial charge is 0.481 e. The van der Waals surface area contributed by atoms with Crippen LogP contribution in [0.2, 0.25) is 0 Å². The molecule has 130 valence electrons. The molecule has 0 aromatic heterocycles. The highest BCUT2D eigenvalue weighted by atomic mass is 19.1. The van der Waals surface area contributed by atoms with E-state index in [1.54, 1.807) is 17.0 Å². The van der Waals surface area contributed by atoms with Gasteiger partial charge >= 0.3 is 5.97 Å². The number of aliphatic carboxylic acids is 1. The first-order valence-electron chi connectivity index (χ1n) is 8.34. The van der Waals surface area contributed by atoms with Crippen molar-refractivity contribution in [2.75, 3.05) is 6.54 Å². The fourth-order valence-electron chi connectivity index (χ4n) is 3.50. The number of benzene rings is 2. The molecule has 2 aromatic rings. The van der Waals surface area contributed by atoms with E-state index in [1.165, 1.54) is 12.1 Å². The number of hydrogen-bond acceptors (Lipinski definition) is 2. The third-order valence-electron chi connectivity index (χ3n) is 4.73. The van der Waals surface area contributed by atoms with Gasteiger partial charge in [-0.05, 0) is 35.6 Å². The molecule has 0 aliphatic carbocycles. The van der Waals surface area contributed by atoms with Gasteiger partial charge < -0.3 is 10.0 Å². The van der Waals surface area contributed by atoms with Crippen LogP contribution in [0.4, 0.5) is 4.39 Å². The molecule has 0 radical (unpaired) electrons. The zero-order valence-corrected chi connectivity index (χ0v) is 13.8. The van der Waals surface area contributed by atoms with Gasteiger partial charge in [0.1, 0.15) is 5.82 Å². The van der Waals surface area contributed by atoms with Crippen molar-refractivity contribution in [3.63, 3.8) is 0 Å². The average molecular weight is 341 g/mol. The summed E-state index contributed by atoms with van der Waals surface area (Å²) in [5, 5.41) is 9.24. The van der Waals surface area contributed by atoms with E-state index in [1.807, 2.05) is 30.3 Å². The van der Waals surface area contributed by atoms with Crippen LogP contribution in [-0.4, -0.2) is 28.4 Å². The van der Waals surface area contributed by atoms with Gasteiger partial charge in [0.05, 0.1) is 12.3 Å². The Kier molecular flexibility index (Phi) is 5.12. The number of carbonyl (C=O) groups excluding carboxylic acids is 1. The van der Waals surface area contributed by atoms with Gasteiger partial charge in [-0.15, -0.1) is 0 Å². The zero-order chi connectivity index (χ0) is 17.8. The van der Waals surface area contributed by atoms with E-state index in [0.29, 0.717) is 19.5 Å². The first-order chi connectivity index (χ1) is 12.0. The molecule has 1 fully saturated rings. The molecule has 2 atom stereocenters. The lowest BCUT2D eigenvalue weighted by Gasteiger charge is -2.37. The Balaban J connectivity index is 1.82. The Morgan fingerprint density at radius 2 is 1.80 bits per heavy atom. The fourth-order valence-corrected chi connectivity index (χ4v) is 3.50.